The fourth-order valence-corrected chi connectivity index (χ4v) is 4.40. The molecule has 3 heterocycles. The van der Waals surface area contributed by atoms with Gasteiger partial charge in [0.2, 0.25) is 6.79 Å². The Morgan fingerprint density at radius 1 is 1.07 bits per heavy atom. The molecule has 3 N–H and O–H groups in total. The van der Waals surface area contributed by atoms with Crippen LogP contribution in [0.4, 0.5) is 0 Å². The van der Waals surface area contributed by atoms with Crippen molar-refractivity contribution < 1.29 is 29.1 Å². The van der Waals surface area contributed by atoms with Crippen molar-refractivity contribution in [1.29, 1.82) is 0 Å². The van der Waals surface area contributed by atoms with E-state index in [4.69, 9.17) is 14.2 Å². The van der Waals surface area contributed by atoms with Gasteiger partial charge in [0.25, 0.3) is 0 Å². The van der Waals surface area contributed by atoms with Crippen LogP contribution < -0.4 is 19.3 Å². The summed E-state index contributed by atoms with van der Waals surface area (Å²) in [5.41, 5.74) is 1.29. The summed E-state index contributed by atoms with van der Waals surface area (Å²) < 4.78 is 16.5. The summed E-state index contributed by atoms with van der Waals surface area (Å²) in [6.45, 7) is 7.51. The minimum Gasteiger partial charge on any atom is -0.454 e. The van der Waals surface area contributed by atoms with Crippen molar-refractivity contribution in [3.8, 4) is 11.5 Å². The number of thiophene rings is 1. The van der Waals surface area contributed by atoms with E-state index in [9.17, 15) is 5.11 Å². The van der Waals surface area contributed by atoms with Gasteiger partial charge in [-0.2, -0.15) is 0 Å². The van der Waals surface area contributed by atoms with Gasteiger partial charge in [-0.05, 0) is 29.6 Å². The second kappa shape index (κ2) is 9.03. The Hall–Kier alpha value is -1.64. The lowest BCUT2D eigenvalue weighted by molar-refractivity contribution is -1.02. The van der Waals surface area contributed by atoms with E-state index in [-0.39, 0.29) is 0 Å². The van der Waals surface area contributed by atoms with E-state index in [1.54, 1.807) is 16.2 Å². The molecule has 2 aliphatic rings. The van der Waals surface area contributed by atoms with Crippen LogP contribution in [0.5, 0.6) is 11.5 Å². The maximum Gasteiger partial charge on any atom is 0.231 e. The molecule has 7 heteroatoms. The normalized spacial score (nSPS) is 22.7. The van der Waals surface area contributed by atoms with Crippen LogP contribution >= 0.6 is 11.3 Å². The van der Waals surface area contributed by atoms with E-state index in [2.05, 4.69) is 18.2 Å². The zero-order chi connectivity index (χ0) is 18.5. The lowest BCUT2D eigenvalue weighted by atomic mass is 10.1. The summed E-state index contributed by atoms with van der Waals surface area (Å²) in [7, 11) is 0. The van der Waals surface area contributed by atoms with E-state index in [1.165, 1.54) is 15.3 Å². The van der Waals surface area contributed by atoms with Crippen molar-refractivity contribution >= 4 is 11.3 Å². The molecule has 1 atom stereocenters. The van der Waals surface area contributed by atoms with Gasteiger partial charge >= 0.3 is 0 Å². The number of quaternary nitrogens is 2. The van der Waals surface area contributed by atoms with Gasteiger partial charge in [0, 0.05) is 10.4 Å². The predicted octanol–water partition coefficient (Wildman–Crippen LogP) is -0.662. The number of fused-ring (bicyclic) bond motifs is 1. The van der Waals surface area contributed by atoms with Crippen LogP contribution in [0.1, 0.15) is 10.4 Å². The number of hydrogen-bond donors (Lipinski definition) is 3. The maximum absolute atomic E-state index is 10.2. The molecule has 1 fully saturated rings. The zero-order valence-corrected chi connectivity index (χ0v) is 16.3. The largest absolute Gasteiger partial charge is 0.454 e. The molecule has 1 saturated heterocycles. The molecule has 2 aromatic rings. The first-order valence-corrected chi connectivity index (χ1v) is 10.5. The van der Waals surface area contributed by atoms with Gasteiger partial charge in [0.1, 0.15) is 45.4 Å². The molecule has 0 bridgehead atoms. The topological polar surface area (TPSA) is 56.8 Å². The van der Waals surface area contributed by atoms with E-state index < -0.39 is 6.10 Å². The standard InChI is InChI=1S/C20H26N2O4S/c23-17(13-24-14-18-2-1-9-27-18)12-22-7-5-21(6-8-22)11-16-3-4-19-20(10-16)26-15-25-19/h1-4,9-10,17,23H,5-8,11-15H2/p+2/t17-/m1/s1. The molecule has 0 spiro atoms. The highest BCUT2D eigenvalue weighted by atomic mass is 32.1. The molecule has 1 aromatic heterocycles. The molecule has 0 unspecified atom stereocenters. The molecular formula is C20H28N2O4S+2. The minimum absolute atomic E-state index is 0.326. The monoisotopic (exact) mass is 392 g/mol. The van der Waals surface area contributed by atoms with Crippen molar-refractivity contribution in [2.24, 2.45) is 0 Å². The van der Waals surface area contributed by atoms with Gasteiger partial charge in [-0.15, -0.1) is 11.3 Å². The van der Waals surface area contributed by atoms with Crippen molar-refractivity contribution in [3.05, 3.63) is 46.2 Å². The van der Waals surface area contributed by atoms with Crippen molar-refractivity contribution in [2.75, 3.05) is 46.1 Å². The Balaban J connectivity index is 1.15. The van der Waals surface area contributed by atoms with Crippen molar-refractivity contribution in [2.45, 2.75) is 19.3 Å². The Bertz CT molecular complexity index is 717. The van der Waals surface area contributed by atoms with Crippen LogP contribution in [-0.2, 0) is 17.9 Å². The number of ether oxygens (including phenoxy) is 3. The van der Waals surface area contributed by atoms with E-state index in [0.29, 0.717) is 20.0 Å². The second-order valence-electron chi connectivity index (χ2n) is 7.32. The summed E-state index contributed by atoms with van der Waals surface area (Å²) in [6.07, 6.45) is -0.393. The third kappa shape index (κ3) is 5.21. The summed E-state index contributed by atoms with van der Waals surface area (Å²) in [4.78, 5) is 4.26. The average molecular weight is 393 g/mol. The molecule has 146 valence electrons. The van der Waals surface area contributed by atoms with Gasteiger partial charge in [-0.3, -0.25) is 0 Å². The van der Waals surface area contributed by atoms with Crippen molar-refractivity contribution in [1.82, 2.24) is 0 Å². The third-order valence-electron chi connectivity index (χ3n) is 5.21. The van der Waals surface area contributed by atoms with Crippen LogP contribution in [0.25, 0.3) is 0 Å². The molecule has 0 saturated carbocycles. The number of piperazine rings is 1. The number of nitrogens with one attached hydrogen (secondary N) is 2. The van der Waals surface area contributed by atoms with Crippen LogP contribution in [0.2, 0.25) is 0 Å². The summed E-state index contributed by atoms with van der Waals surface area (Å²) in [5, 5.41) is 12.3. The van der Waals surface area contributed by atoms with Gasteiger partial charge in [0.15, 0.2) is 11.5 Å². The van der Waals surface area contributed by atoms with E-state index in [0.717, 1.165) is 50.8 Å². The fraction of sp³-hybridized carbons (Fsp3) is 0.500. The molecule has 1 aromatic carbocycles. The Morgan fingerprint density at radius 3 is 2.70 bits per heavy atom. The highest BCUT2D eigenvalue weighted by Gasteiger charge is 2.25. The summed E-state index contributed by atoms with van der Waals surface area (Å²) >= 11 is 1.69. The first-order chi connectivity index (χ1) is 13.3. The molecule has 0 radical (unpaired) electrons. The Labute approximate surface area is 163 Å². The fourth-order valence-electron chi connectivity index (χ4n) is 3.76. The van der Waals surface area contributed by atoms with Crippen LogP contribution in [-0.4, -0.2) is 57.3 Å². The predicted molar refractivity (Wildman–Crippen MR) is 103 cm³/mol. The van der Waals surface area contributed by atoms with Gasteiger partial charge in [-0.25, -0.2) is 0 Å². The number of aliphatic hydroxyl groups is 1. The molecule has 4 rings (SSSR count). The SMILES string of the molecule is O[C@@H](COCc1cccs1)C[NH+]1CC[NH+](Cc2ccc3c(c2)OCO3)CC1. The summed E-state index contributed by atoms with van der Waals surface area (Å²) in [5.74, 6) is 1.71. The van der Waals surface area contributed by atoms with Gasteiger partial charge in [-0.1, -0.05) is 6.07 Å². The smallest absolute Gasteiger partial charge is 0.231 e. The van der Waals surface area contributed by atoms with Crippen LogP contribution in [0.15, 0.2) is 35.7 Å². The third-order valence-corrected chi connectivity index (χ3v) is 6.06. The lowest BCUT2D eigenvalue weighted by Crippen LogP contribution is -3.28. The number of rotatable bonds is 8. The van der Waals surface area contributed by atoms with Gasteiger partial charge < -0.3 is 29.1 Å². The molecule has 6 nitrogen and oxygen atoms in total. The summed E-state index contributed by atoms with van der Waals surface area (Å²) in [6, 6.07) is 10.3. The molecule has 2 aliphatic heterocycles. The number of aliphatic hydroxyl groups excluding tert-OH is 1. The highest BCUT2D eigenvalue weighted by molar-refractivity contribution is 7.09. The molecular weight excluding hydrogens is 364 g/mol. The molecule has 0 aliphatic carbocycles. The number of hydrogen-bond acceptors (Lipinski definition) is 5. The molecule has 27 heavy (non-hydrogen) atoms. The minimum atomic E-state index is -0.393. The number of benzene rings is 1. The van der Waals surface area contributed by atoms with Crippen LogP contribution in [0.3, 0.4) is 0 Å². The highest BCUT2D eigenvalue weighted by Crippen LogP contribution is 2.32. The average Bonchev–Trinajstić information content (AvgIpc) is 3.34. The Kier molecular flexibility index (Phi) is 6.26. The quantitative estimate of drug-likeness (QED) is 0.558. The maximum atomic E-state index is 10.2. The molecule has 0 amide bonds. The van der Waals surface area contributed by atoms with E-state index >= 15 is 0 Å². The van der Waals surface area contributed by atoms with Gasteiger partial charge in [0.05, 0.1) is 13.2 Å². The van der Waals surface area contributed by atoms with E-state index in [1.807, 2.05) is 17.5 Å². The lowest BCUT2D eigenvalue weighted by Gasteiger charge is -2.30. The zero-order valence-electron chi connectivity index (χ0n) is 15.5. The second-order valence-corrected chi connectivity index (χ2v) is 8.35. The first-order valence-electron chi connectivity index (χ1n) is 9.60. The van der Waals surface area contributed by atoms with Crippen molar-refractivity contribution in [3.63, 3.8) is 0 Å². The Morgan fingerprint density at radius 2 is 1.89 bits per heavy atom. The first kappa shape index (κ1) is 18.7. The van der Waals surface area contributed by atoms with Crippen LogP contribution in [0, 0.1) is 0 Å².